The van der Waals surface area contributed by atoms with E-state index in [0.717, 1.165) is 16.3 Å². The van der Waals surface area contributed by atoms with E-state index in [9.17, 15) is 23.4 Å². The number of carbonyl (C=O) groups is 1. The second-order valence-corrected chi connectivity index (χ2v) is 22.2. The van der Waals surface area contributed by atoms with Crippen molar-refractivity contribution in [2.75, 3.05) is 33.9 Å². The van der Waals surface area contributed by atoms with Crippen molar-refractivity contribution in [3.8, 4) is 24.7 Å². The lowest BCUT2D eigenvalue weighted by Gasteiger charge is -2.48. The van der Waals surface area contributed by atoms with Gasteiger partial charge in [-0.1, -0.05) is 82.4 Å². The number of hydrogen-bond donors (Lipinski definition) is 2. The zero-order valence-corrected chi connectivity index (χ0v) is 44.2. The number of fused-ring (bicyclic) bond motifs is 2. The molecule has 20 atom stereocenters. The van der Waals surface area contributed by atoms with Crippen LogP contribution in [0.4, 0.5) is 0 Å². The Morgan fingerprint density at radius 3 is 2.21 bits per heavy atom. The van der Waals surface area contributed by atoms with E-state index < -0.39 is 113 Å². The molecule has 0 radical (unpaired) electrons. The summed E-state index contributed by atoms with van der Waals surface area (Å²) in [6.45, 7) is 15.2. The highest BCUT2D eigenvalue weighted by Crippen LogP contribution is 2.47. The van der Waals surface area contributed by atoms with Crippen molar-refractivity contribution in [1.29, 1.82) is 0 Å². The first kappa shape index (κ1) is 56.4. The molecule has 17 nitrogen and oxygen atoms in total. The number of allylic oxidation sites excluding steroid dienone is 2. The topological polar surface area (TPSA) is 196 Å². The van der Waals surface area contributed by atoms with Gasteiger partial charge in [0.1, 0.15) is 42.0 Å². The molecule has 0 amide bonds. The standard InChI is InChI=1S/C54H77NO16S/c1-13-23-55(24-14-2)72(59,60)71-50-37(10)65-45(28-43(50)62-12)68-49-36(9)64-44(27-42(49)61-11)67-47-32(5)17-16-18-38-30-63-51-46(56)35(8)25-41(54(38,51)58)52(57)66-40-26-39(20-19-33(47)6)69-53(29-40)22-21-34(7)48(70-53)31(4)15-3/h1-2,16-19,21-22,25,31-32,34,36-37,39-51,56,58H,15,20,23-24,26-30H2,3-12H3/b17-16+,33-19+,38-18+/t31?,32-,34-,36-,37-,39+,40-,41-,42-,43-,44-,45-,46+,47-,48+,49-,50-,51+,53+,54+/m0/s1. The predicted octanol–water partition coefficient (Wildman–Crippen LogP) is 5.21. The fraction of sp³-hybridized carbons (Fsp3) is 0.722. The fourth-order valence-electron chi connectivity index (χ4n) is 11.3. The molecule has 6 heterocycles. The molecule has 1 spiro atoms. The molecule has 1 aliphatic carbocycles. The number of aliphatic hydroxyl groups excluding tert-OH is 1. The van der Waals surface area contributed by atoms with Crippen molar-refractivity contribution >= 4 is 16.3 Å². The van der Waals surface area contributed by atoms with Crippen LogP contribution in [0.15, 0.2) is 59.3 Å². The van der Waals surface area contributed by atoms with Crippen molar-refractivity contribution in [1.82, 2.24) is 4.31 Å². The van der Waals surface area contributed by atoms with E-state index in [4.69, 9.17) is 64.4 Å². The second-order valence-electron chi connectivity index (χ2n) is 20.7. The van der Waals surface area contributed by atoms with Gasteiger partial charge < -0.3 is 57.6 Å². The largest absolute Gasteiger partial charge is 0.462 e. The van der Waals surface area contributed by atoms with E-state index in [1.54, 1.807) is 33.1 Å². The molecule has 6 aliphatic heterocycles. The van der Waals surface area contributed by atoms with Crippen molar-refractivity contribution in [3.05, 3.63) is 59.3 Å². The Kier molecular flexibility index (Phi) is 18.6. The van der Waals surface area contributed by atoms with E-state index in [1.807, 2.05) is 39.0 Å². The summed E-state index contributed by atoms with van der Waals surface area (Å²) >= 11 is 0. The van der Waals surface area contributed by atoms with Gasteiger partial charge in [-0.3, -0.25) is 4.79 Å². The third-order valence-corrected chi connectivity index (χ3v) is 16.9. The summed E-state index contributed by atoms with van der Waals surface area (Å²) in [5.41, 5.74) is -0.00883. The van der Waals surface area contributed by atoms with E-state index in [2.05, 4.69) is 44.8 Å². The summed E-state index contributed by atoms with van der Waals surface area (Å²) < 4.78 is 97.2. The summed E-state index contributed by atoms with van der Waals surface area (Å²) in [6.07, 6.45) is 16.8. The van der Waals surface area contributed by atoms with Gasteiger partial charge in [0.05, 0.1) is 62.4 Å². The summed E-state index contributed by atoms with van der Waals surface area (Å²) in [7, 11) is -1.28. The van der Waals surface area contributed by atoms with Gasteiger partial charge in [0, 0.05) is 51.7 Å². The Balaban J connectivity index is 1.12. The quantitative estimate of drug-likeness (QED) is 0.138. The summed E-state index contributed by atoms with van der Waals surface area (Å²) in [5, 5.41) is 23.8. The van der Waals surface area contributed by atoms with Crippen molar-refractivity contribution in [3.63, 3.8) is 0 Å². The minimum atomic E-state index is -4.34. The van der Waals surface area contributed by atoms with Crippen LogP contribution in [0.3, 0.4) is 0 Å². The maximum atomic E-state index is 14.4. The highest BCUT2D eigenvalue weighted by atomic mass is 32.2. The third-order valence-electron chi connectivity index (χ3n) is 15.6. The number of nitrogens with zero attached hydrogens (tertiary/aromatic N) is 1. The van der Waals surface area contributed by atoms with Gasteiger partial charge in [-0.05, 0) is 62.8 Å². The SMILES string of the molecule is C#CCN(CC#C)S(=O)(=O)O[C@H]1[C@H](C)O[C@@H](O[C@H]2[C@H](C)O[C@@H](O[C@@H]3/C(C)=C/C[C@@H]4C[C@@H](C[C@]5(C=C[C@H](C)[C@@H](C(C)CC)O5)O4)OC(=O)[C@@H]4C=C(C)[C@@H](O)[C@H]5OC/C(=C\C=C\[C@@H]3C)[C@]54O)C[C@@H]2OC)C[C@@H]1OC. The Bertz CT molecular complexity index is 2250. The molecule has 400 valence electrons. The molecule has 0 aromatic carbocycles. The molecule has 0 aromatic heterocycles. The van der Waals surface area contributed by atoms with Crippen LogP contribution in [0.5, 0.6) is 0 Å². The average molecular weight is 1030 g/mol. The molecule has 1 unspecified atom stereocenters. The minimum absolute atomic E-state index is 0.00131. The molecule has 72 heavy (non-hydrogen) atoms. The molecule has 7 aliphatic rings. The number of esters is 1. The highest BCUT2D eigenvalue weighted by Gasteiger charge is 2.60. The summed E-state index contributed by atoms with van der Waals surface area (Å²) in [4.78, 5) is 14.4. The normalized spacial score (nSPS) is 44.0. The second kappa shape index (κ2) is 23.7. The number of rotatable bonds is 13. The zero-order chi connectivity index (χ0) is 52.3. The molecule has 2 N–H and O–H groups in total. The number of hydrogen-bond acceptors (Lipinski definition) is 16. The minimum Gasteiger partial charge on any atom is -0.462 e. The molecular formula is C54H77NO16S. The summed E-state index contributed by atoms with van der Waals surface area (Å²) in [6, 6.07) is 0. The fourth-order valence-corrected chi connectivity index (χ4v) is 12.5. The number of aliphatic hydroxyl groups is 2. The van der Waals surface area contributed by atoms with Crippen LogP contribution in [0.25, 0.3) is 0 Å². The molecule has 7 rings (SSSR count). The first-order valence-electron chi connectivity index (χ1n) is 25.4. The molecule has 2 bridgehead atoms. The van der Waals surface area contributed by atoms with Crippen molar-refractivity contribution < 1.29 is 75.0 Å². The van der Waals surface area contributed by atoms with Gasteiger partial charge in [0.15, 0.2) is 18.4 Å². The summed E-state index contributed by atoms with van der Waals surface area (Å²) in [5.74, 6) is 1.81. The Morgan fingerprint density at radius 1 is 0.903 bits per heavy atom. The lowest BCUT2D eigenvalue weighted by Crippen LogP contribution is -2.58. The van der Waals surface area contributed by atoms with Gasteiger partial charge >= 0.3 is 16.3 Å². The van der Waals surface area contributed by atoms with Crippen LogP contribution >= 0.6 is 0 Å². The van der Waals surface area contributed by atoms with Gasteiger partial charge in [-0.2, -0.15) is 12.7 Å². The van der Waals surface area contributed by atoms with Gasteiger partial charge in [0.2, 0.25) is 0 Å². The number of terminal acetylenes is 2. The van der Waals surface area contributed by atoms with Gasteiger partial charge in [0.25, 0.3) is 0 Å². The van der Waals surface area contributed by atoms with Crippen LogP contribution in [-0.2, 0) is 66.7 Å². The van der Waals surface area contributed by atoms with Gasteiger partial charge in [-0.15, -0.1) is 12.8 Å². The predicted molar refractivity (Wildman–Crippen MR) is 264 cm³/mol. The van der Waals surface area contributed by atoms with Crippen LogP contribution < -0.4 is 0 Å². The first-order chi connectivity index (χ1) is 34.2. The van der Waals surface area contributed by atoms with Crippen LogP contribution in [0.1, 0.15) is 93.9 Å². The van der Waals surface area contributed by atoms with E-state index in [-0.39, 0.29) is 56.4 Å². The number of ether oxygens (including phenoxy) is 10. The lowest BCUT2D eigenvalue weighted by molar-refractivity contribution is -0.317. The Labute approximate surface area is 426 Å². The zero-order valence-electron chi connectivity index (χ0n) is 43.4. The van der Waals surface area contributed by atoms with Crippen molar-refractivity contribution in [2.24, 2.45) is 23.7 Å². The smallest absolute Gasteiger partial charge is 0.340 e. The number of methoxy groups -OCH3 is 2. The van der Waals surface area contributed by atoms with E-state index in [1.165, 1.54) is 7.11 Å². The van der Waals surface area contributed by atoms with Crippen molar-refractivity contribution in [2.45, 2.75) is 191 Å². The molecule has 4 saturated heterocycles. The third kappa shape index (κ3) is 12.0. The lowest BCUT2D eigenvalue weighted by atomic mass is 9.71. The van der Waals surface area contributed by atoms with Crippen LogP contribution in [0.2, 0.25) is 0 Å². The molecule has 18 heteroatoms. The molecule has 4 fully saturated rings. The monoisotopic (exact) mass is 1030 g/mol. The first-order valence-corrected chi connectivity index (χ1v) is 26.8. The van der Waals surface area contributed by atoms with Crippen LogP contribution in [0, 0.1) is 48.4 Å². The average Bonchev–Trinajstić information content (AvgIpc) is 3.68. The Morgan fingerprint density at radius 2 is 1.56 bits per heavy atom. The molecule has 0 saturated carbocycles. The van der Waals surface area contributed by atoms with E-state index in [0.29, 0.717) is 30.4 Å². The maximum absolute atomic E-state index is 14.4. The molecular weight excluding hydrogens is 951 g/mol. The highest BCUT2D eigenvalue weighted by molar-refractivity contribution is 7.84. The van der Waals surface area contributed by atoms with Gasteiger partial charge in [-0.25, -0.2) is 4.18 Å². The molecule has 0 aromatic rings. The van der Waals surface area contributed by atoms with E-state index >= 15 is 0 Å². The maximum Gasteiger partial charge on any atom is 0.340 e. The number of carbonyl (C=O) groups excluding carboxylic acids is 1. The Hall–Kier alpha value is -3.28. The van der Waals surface area contributed by atoms with Crippen LogP contribution in [-0.4, -0.2) is 160 Å².